The molecule has 3 heteroatoms. The molecule has 2 unspecified atom stereocenters. The van der Waals surface area contributed by atoms with Crippen LogP contribution in [0.2, 0.25) is 0 Å². The lowest BCUT2D eigenvalue weighted by molar-refractivity contribution is -0.0980. The fraction of sp³-hybridized carbons (Fsp3) is 0.733. The molecule has 0 radical (unpaired) electrons. The second kappa shape index (κ2) is 5.45. The van der Waals surface area contributed by atoms with Gasteiger partial charge in [-0.2, -0.15) is 0 Å². The first-order valence-corrected chi connectivity index (χ1v) is 6.99. The van der Waals surface area contributed by atoms with E-state index >= 15 is 0 Å². The molecule has 1 aromatic rings. The van der Waals surface area contributed by atoms with Gasteiger partial charge in [-0.25, -0.2) is 0 Å². The van der Waals surface area contributed by atoms with Crippen LogP contribution < -0.4 is 5.32 Å². The lowest BCUT2D eigenvalue weighted by atomic mass is 9.64. The smallest absolute Gasteiger partial charge is 0.0652 e. The van der Waals surface area contributed by atoms with Gasteiger partial charge in [-0.3, -0.25) is 0 Å². The molecule has 0 aromatic carbocycles. The summed E-state index contributed by atoms with van der Waals surface area (Å²) in [5, 5.41) is 3.67. The zero-order valence-electron chi connectivity index (χ0n) is 12.1. The Labute approximate surface area is 111 Å². The van der Waals surface area contributed by atoms with Crippen LogP contribution >= 0.6 is 0 Å². The number of hydrogen-bond donors (Lipinski definition) is 1. The SMILES string of the molecule is CCCn1cccc1CNC1CC(OC)C1(C)C. The number of methoxy groups -OCH3 is 1. The van der Waals surface area contributed by atoms with Gasteiger partial charge < -0.3 is 14.6 Å². The number of ether oxygens (including phenoxy) is 1. The number of rotatable bonds is 6. The molecule has 0 saturated heterocycles. The summed E-state index contributed by atoms with van der Waals surface area (Å²) in [6.07, 6.45) is 4.88. The van der Waals surface area contributed by atoms with Gasteiger partial charge in [0, 0.05) is 43.5 Å². The molecule has 2 rings (SSSR count). The minimum Gasteiger partial charge on any atom is -0.381 e. The van der Waals surface area contributed by atoms with E-state index < -0.39 is 0 Å². The van der Waals surface area contributed by atoms with E-state index in [-0.39, 0.29) is 5.41 Å². The van der Waals surface area contributed by atoms with E-state index in [4.69, 9.17) is 4.74 Å². The summed E-state index contributed by atoms with van der Waals surface area (Å²) in [7, 11) is 1.81. The highest BCUT2D eigenvalue weighted by molar-refractivity contribution is 5.09. The number of nitrogens with zero attached hydrogens (tertiary/aromatic N) is 1. The zero-order valence-corrected chi connectivity index (χ0v) is 12.1. The summed E-state index contributed by atoms with van der Waals surface area (Å²) in [6, 6.07) is 4.91. The fourth-order valence-corrected chi connectivity index (χ4v) is 2.93. The second-order valence-corrected chi connectivity index (χ2v) is 5.91. The van der Waals surface area contributed by atoms with Gasteiger partial charge in [0.25, 0.3) is 0 Å². The van der Waals surface area contributed by atoms with Crippen LogP contribution in [-0.4, -0.2) is 23.8 Å². The highest BCUT2D eigenvalue weighted by atomic mass is 16.5. The normalized spacial score (nSPS) is 26.0. The molecule has 2 atom stereocenters. The van der Waals surface area contributed by atoms with Gasteiger partial charge in [0.2, 0.25) is 0 Å². The third-order valence-corrected chi connectivity index (χ3v) is 4.38. The molecule has 0 bridgehead atoms. The van der Waals surface area contributed by atoms with Crippen molar-refractivity contribution in [2.24, 2.45) is 5.41 Å². The van der Waals surface area contributed by atoms with Crippen LogP contribution in [0.1, 0.15) is 39.3 Å². The lowest BCUT2D eigenvalue weighted by Gasteiger charge is -2.51. The molecule has 1 aromatic heterocycles. The van der Waals surface area contributed by atoms with Crippen molar-refractivity contribution in [2.75, 3.05) is 7.11 Å². The maximum atomic E-state index is 5.49. The Morgan fingerprint density at radius 2 is 2.28 bits per heavy atom. The fourth-order valence-electron chi connectivity index (χ4n) is 2.93. The summed E-state index contributed by atoms with van der Waals surface area (Å²) in [4.78, 5) is 0. The number of aryl methyl sites for hydroxylation is 1. The van der Waals surface area contributed by atoms with Crippen molar-refractivity contribution in [3.05, 3.63) is 24.0 Å². The van der Waals surface area contributed by atoms with Crippen molar-refractivity contribution in [3.63, 3.8) is 0 Å². The Morgan fingerprint density at radius 3 is 2.89 bits per heavy atom. The highest BCUT2D eigenvalue weighted by Gasteiger charge is 2.48. The lowest BCUT2D eigenvalue weighted by Crippen LogP contribution is -2.60. The van der Waals surface area contributed by atoms with Gasteiger partial charge in [0.1, 0.15) is 0 Å². The third kappa shape index (κ3) is 2.47. The molecule has 1 saturated carbocycles. The maximum Gasteiger partial charge on any atom is 0.0652 e. The van der Waals surface area contributed by atoms with Gasteiger partial charge in [0.15, 0.2) is 0 Å². The van der Waals surface area contributed by atoms with Crippen LogP contribution in [0.15, 0.2) is 18.3 Å². The molecule has 0 aliphatic heterocycles. The Balaban J connectivity index is 1.87. The van der Waals surface area contributed by atoms with E-state index in [1.807, 2.05) is 7.11 Å². The average Bonchev–Trinajstić information content (AvgIpc) is 2.76. The summed E-state index contributed by atoms with van der Waals surface area (Å²) in [6.45, 7) is 8.85. The van der Waals surface area contributed by atoms with E-state index in [9.17, 15) is 0 Å². The van der Waals surface area contributed by atoms with Crippen LogP contribution in [0.25, 0.3) is 0 Å². The van der Waals surface area contributed by atoms with Gasteiger partial charge >= 0.3 is 0 Å². The standard InChI is InChI=1S/C15H26N2O/c1-5-8-17-9-6-7-12(17)11-16-13-10-14(18-4)15(13,2)3/h6-7,9,13-14,16H,5,8,10-11H2,1-4H3. The van der Waals surface area contributed by atoms with Crippen molar-refractivity contribution in [1.82, 2.24) is 9.88 Å². The van der Waals surface area contributed by atoms with E-state index in [0.29, 0.717) is 12.1 Å². The summed E-state index contributed by atoms with van der Waals surface area (Å²) < 4.78 is 7.83. The zero-order chi connectivity index (χ0) is 13.2. The van der Waals surface area contributed by atoms with Crippen LogP contribution in [0, 0.1) is 5.41 Å². The third-order valence-electron chi connectivity index (χ3n) is 4.38. The molecular weight excluding hydrogens is 224 g/mol. The van der Waals surface area contributed by atoms with E-state index in [2.05, 4.69) is 49.0 Å². The molecule has 18 heavy (non-hydrogen) atoms. The Bertz CT molecular complexity index is 384. The summed E-state index contributed by atoms with van der Waals surface area (Å²) in [5.41, 5.74) is 1.63. The molecule has 1 aliphatic rings. The molecular formula is C15H26N2O. The van der Waals surface area contributed by atoms with E-state index in [1.54, 1.807) is 0 Å². The Morgan fingerprint density at radius 1 is 1.50 bits per heavy atom. The van der Waals surface area contributed by atoms with Crippen molar-refractivity contribution < 1.29 is 4.74 Å². The van der Waals surface area contributed by atoms with Crippen molar-refractivity contribution in [3.8, 4) is 0 Å². The molecule has 1 heterocycles. The minimum atomic E-state index is 0.247. The van der Waals surface area contributed by atoms with Gasteiger partial charge in [-0.05, 0) is 25.0 Å². The number of hydrogen-bond acceptors (Lipinski definition) is 2. The first-order valence-electron chi connectivity index (χ1n) is 6.99. The average molecular weight is 250 g/mol. The van der Waals surface area contributed by atoms with E-state index in [0.717, 1.165) is 19.5 Å². The molecule has 1 fully saturated rings. The first-order chi connectivity index (χ1) is 8.59. The summed E-state index contributed by atoms with van der Waals surface area (Å²) in [5.74, 6) is 0. The minimum absolute atomic E-state index is 0.247. The molecule has 3 nitrogen and oxygen atoms in total. The highest BCUT2D eigenvalue weighted by Crippen LogP contribution is 2.42. The van der Waals surface area contributed by atoms with Crippen molar-refractivity contribution in [2.45, 2.75) is 58.8 Å². The molecule has 102 valence electrons. The molecule has 0 amide bonds. The topological polar surface area (TPSA) is 26.2 Å². The van der Waals surface area contributed by atoms with Crippen molar-refractivity contribution >= 4 is 0 Å². The first kappa shape index (κ1) is 13.6. The quantitative estimate of drug-likeness (QED) is 0.840. The second-order valence-electron chi connectivity index (χ2n) is 5.91. The van der Waals surface area contributed by atoms with Crippen LogP contribution in [0.5, 0.6) is 0 Å². The van der Waals surface area contributed by atoms with Crippen LogP contribution in [-0.2, 0) is 17.8 Å². The largest absolute Gasteiger partial charge is 0.381 e. The predicted molar refractivity (Wildman–Crippen MR) is 74.5 cm³/mol. The molecule has 1 aliphatic carbocycles. The van der Waals surface area contributed by atoms with Crippen LogP contribution in [0.4, 0.5) is 0 Å². The maximum absolute atomic E-state index is 5.49. The number of aromatic nitrogens is 1. The van der Waals surface area contributed by atoms with Gasteiger partial charge in [-0.1, -0.05) is 20.8 Å². The van der Waals surface area contributed by atoms with E-state index in [1.165, 1.54) is 12.1 Å². The number of nitrogens with one attached hydrogen (secondary N) is 1. The molecule has 1 N–H and O–H groups in total. The van der Waals surface area contributed by atoms with Gasteiger partial charge in [-0.15, -0.1) is 0 Å². The van der Waals surface area contributed by atoms with Crippen molar-refractivity contribution in [1.29, 1.82) is 0 Å². The summed E-state index contributed by atoms with van der Waals surface area (Å²) >= 11 is 0. The van der Waals surface area contributed by atoms with Crippen LogP contribution in [0.3, 0.4) is 0 Å². The molecule has 0 spiro atoms. The Kier molecular flexibility index (Phi) is 4.13. The monoisotopic (exact) mass is 250 g/mol. The van der Waals surface area contributed by atoms with Gasteiger partial charge in [0.05, 0.1) is 6.10 Å². The Hall–Kier alpha value is -0.800. The predicted octanol–water partition coefficient (Wildman–Crippen LogP) is 2.80.